The molecule has 0 aliphatic rings. The van der Waals surface area contributed by atoms with Gasteiger partial charge < -0.3 is 13.2 Å². The van der Waals surface area contributed by atoms with Crippen LogP contribution in [-0.4, -0.2) is 0 Å². The van der Waals surface area contributed by atoms with Crippen LogP contribution in [0.25, 0.3) is 5.73 Å². The molecule has 2 aromatic rings. The Morgan fingerprint density at radius 2 is 1.27 bits per heavy atom. The second-order valence-electron chi connectivity index (χ2n) is 2.44. The fraction of sp³-hybridized carbons (Fsp3) is 0. The van der Waals surface area contributed by atoms with Gasteiger partial charge in [0.1, 0.15) is 0 Å². The molecule has 0 unspecified atom stereocenters. The minimum Gasteiger partial charge on any atom is -0.699 e. The molecular weight excluding hydrogens is 277 g/mol. The van der Waals surface area contributed by atoms with Crippen LogP contribution in [0.2, 0.25) is 0 Å². The van der Waals surface area contributed by atoms with Crippen molar-refractivity contribution in [2.75, 3.05) is 0 Å². The van der Waals surface area contributed by atoms with Crippen molar-refractivity contribution >= 4 is 5.69 Å². The van der Waals surface area contributed by atoms with E-state index in [-0.39, 0.29) is 27.8 Å². The Morgan fingerprint density at radius 1 is 0.800 bits per heavy atom. The first-order valence-corrected chi connectivity index (χ1v) is 4.07. The first-order valence-electron chi connectivity index (χ1n) is 4.07. The van der Waals surface area contributed by atoms with Crippen LogP contribution in [0.3, 0.4) is 0 Å². The van der Waals surface area contributed by atoms with Crippen molar-refractivity contribution in [1.29, 1.82) is 0 Å². The maximum atomic E-state index is 7.00. The molecule has 0 aromatic heterocycles. The Labute approximate surface area is 106 Å². The summed E-state index contributed by atoms with van der Waals surface area (Å²) in [6.45, 7) is 0. The number of rotatable bonds is 0. The van der Waals surface area contributed by atoms with Gasteiger partial charge in [0.2, 0.25) is 0 Å². The molecule has 0 amide bonds. The normalized spacial score (nSPS) is 7.20. The number of nitrogens with one attached hydrogen (secondary N) is 1. The van der Waals surface area contributed by atoms with Gasteiger partial charge in [0, 0.05) is 20.4 Å². The van der Waals surface area contributed by atoms with E-state index in [9.17, 15) is 0 Å². The molecule has 1 N–H and O–H groups in total. The largest absolute Gasteiger partial charge is 0.699 e. The summed E-state index contributed by atoms with van der Waals surface area (Å²) >= 11 is 0. The van der Waals surface area contributed by atoms with Crippen LogP contribution < -0.4 is 0 Å². The summed E-state index contributed by atoms with van der Waals surface area (Å²) in [5.74, 6) is 0. The fourth-order valence-corrected chi connectivity index (χ4v) is 0.780. The zero-order chi connectivity index (χ0) is 9.36. The fourth-order valence-electron chi connectivity index (χ4n) is 0.780. The van der Waals surface area contributed by atoms with Crippen LogP contribution in [0.15, 0.2) is 60.7 Å². The summed E-state index contributed by atoms with van der Waals surface area (Å²) < 4.78 is 0. The molecule has 84 valence electrons. The first-order chi connectivity index (χ1) is 6.39. The van der Waals surface area contributed by atoms with E-state index in [1.165, 1.54) is 0 Å². The molecule has 0 spiro atoms. The van der Waals surface area contributed by atoms with Crippen molar-refractivity contribution < 1.29 is 20.4 Å². The molecule has 2 heteroatoms. The summed E-state index contributed by atoms with van der Waals surface area (Å²) in [5, 5.41) is 0. The Bertz CT molecular complexity index is 281. The SMILES string of the molecule is [CH3-].[NH-]c1ccccc1.[Pd].[c-]1ccccc1. The second kappa shape index (κ2) is 11.0. The number of hydrogen-bond donors (Lipinski definition) is 0. The van der Waals surface area contributed by atoms with E-state index < -0.39 is 0 Å². The van der Waals surface area contributed by atoms with Gasteiger partial charge in [-0.05, 0) is 0 Å². The zero-order valence-corrected chi connectivity index (χ0v) is 10.1. The zero-order valence-electron chi connectivity index (χ0n) is 8.59. The molecule has 0 aliphatic carbocycles. The van der Waals surface area contributed by atoms with Gasteiger partial charge in [0.25, 0.3) is 0 Å². The second-order valence-corrected chi connectivity index (χ2v) is 2.44. The smallest absolute Gasteiger partial charge is 0 e. The molecule has 0 saturated carbocycles. The maximum Gasteiger partial charge on any atom is 0 e. The Balaban J connectivity index is 0. The van der Waals surface area contributed by atoms with Crippen molar-refractivity contribution in [3.63, 3.8) is 0 Å². The maximum absolute atomic E-state index is 7.00. The molecule has 0 saturated heterocycles. The quantitative estimate of drug-likeness (QED) is 0.510. The summed E-state index contributed by atoms with van der Waals surface area (Å²) in [7, 11) is 0. The van der Waals surface area contributed by atoms with Gasteiger partial charge in [-0.1, -0.05) is 30.3 Å². The Kier molecular flexibility index (Phi) is 12.0. The molecule has 0 atom stereocenters. The molecule has 2 rings (SSSR count). The minimum atomic E-state index is 0. The Morgan fingerprint density at radius 3 is 1.47 bits per heavy atom. The van der Waals surface area contributed by atoms with Gasteiger partial charge in [-0.25, -0.2) is 0 Å². The van der Waals surface area contributed by atoms with Crippen LogP contribution in [-0.2, 0) is 20.4 Å². The predicted molar refractivity (Wildman–Crippen MR) is 62.1 cm³/mol. The predicted octanol–water partition coefficient (Wildman–Crippen LogP) is 4.30. The summed E-state index contributed by atoms with van der Waals surface area (Å²) in [6.07, 6.45) is 0. The molecule has 1 nitrogen and oxygen atoms in total. The van der Waals surface area contributed by atoms with Gasteiger partial charge in [-0.3, -0.25) is 0 Å². The van der Waals surface area contributed by atoms with Gasteiger partial charge in [0.05, 0.1) is 0 Å². The monoisotopic (exact) mass is 290 g/mol. The van der Waals surface area contributed by atoms with Crippen molar-refractivity contribution in [3.8, 4) is 0 Å². The van der Waals surface area contributed by atoms with Crippen LogP contribution in [0, 0.1) is 13.5 Å². The molecule has 2 aromatic carbocycles. The topological polar surface area (TPSA) is 23.8 Å². The van der Waals surface area contributed by atoms with Gasteiger partial charge in [0.15, 0.2) is 0 Å². The van der Waals surface area contributed by atoms with E-state index in [0.717, 1.165) is 0 Å². The van der Waals surface area contributed by atoms with E-state index >= 15 is 0 Å². The Hall–Kier alpha value is -1.10. The van der Waals surface area contributed by atoms with Gasteiger partial charge in [-0.15, -0.1) is 5.69 Å². The van der Waals surface area contributed by atoms with E-state index in [1.54, 1.807) is 12.1 Å². The number of benzene rings is 2. The molecule has 0 radical (unpaired) electrons. The van der Waals surface area contributed by atoms with E-state index in [0.29, 0.717) is 5.69 Å². The average molecular weight is 291 g/mol. The average Bonchev–Trinajstić information content (AvgIpc) is 2.22. The van der Waals surface area contributed by atoms with Crippen molar-refractivity contribution in [1.82, 2.24) is 0 Å². The molecule has 15 heavy (non-hydrogen) atoms. The summed E-state index contributed by atoms with van der Waals surface area (Å²) in [6, 6.07) is 21.6. The van der Waals surface area contributed by atoms with E-state index in [2.05, 4.69) is 6.07 Å². The first kappa shape index (κ1) is 16.3. The van der Waals surface area contributed by atoms with Gasteiger partial charge >= 0.3 is 0 Å². The molecule has 0 heterocycles. The third-order valence-corrected chi connectivity index (χ3v) is 1.38. The molecule has 0 aliphatic heterocycles. The van der Waals surface area contributed by atoms with Crippen molar-refractivity contribution in [3.05, 3.63) is 79.9 Å². The number of hydrogen-bond acceptors (Lipinski definition) is 0. The van der Waals surface area contributed by atoms with Crippen LogP contribution in [0.5, 0.6) is 0 Å². The molecule has 0 fully saturated rings. The standard InChI is InChI=1S/C6H6N.C6H5.CH3.Pd/c7-6-4-2-1-3-5-6;1-2-4-6-5-3-1;;/h1-5,7H;1-5H;1H3;/q3*-1;. The van der Waals surface area contributed by atoms with E-state index in [1.807, 2.05) is 48.5 Å². The van der Waals surface area contributed by atoms with Crippen molar-refractivity contribution in [2.24, 2.45) is 0 Å². The van der Waals surface area contributed by atoms with Gasteiger partial charge in [-0.2, -0.15) is 36.4 Å². The van der Waals surface area contributed by atoms with Crippen LogP contribution in [0.4, 0.5) is 5.69 Å². The molecular formula is C13H14NPd-3. The third kappa shape index (κ3) is 9.21. The third-order valence-electron chi connectivity index (χ3n) is 1.38. The summed E-state index contributed by atoms with van der Waals surface area (Å²) in [5.41, 5.74) is 7.57. The molecule has 0 bridgehead atoms. The summed E-state index contributed by atoms with van der Waals surface area (Å²) in [4.78, 5) is 0. The van der Waals surface area contributed by atoms with Crippen molar-refractivity contribution in [2.45, 2.75) is 0 Å². The van der Waals surface area contributed by atoms with Crippen LogP contribution in [0.1, 0.15) is 0 Å². The van der Waals surface area contributed by atoms with Crippen LogP contribution >= 0.6 is 0 Å². The van der Waals surface area contributed by atoms with E-state index in [4.69, 9.17) is 5.73 Å². The minimum absolute atomic E-state index is 0.